The van der Waals surface area contributed by atoms with E-state index in [0.717, 1.165) is 23.4 Å². The largest absolute Gasteiger partial charge is 0.356 e. The molecular formula is C17H23N5O2. The summed E-state index contributed by atoms with van der Waals surface area (Å²) in [6.07, 6.45) is 2.71. The molecule has 1 fully saturated rings. The van der Waals surface area contributed by atoms with Gasteiger partial charge in [0.2, 0.25) is 11.9 Å². The maximum atomic E-state index is 12.4. The predicted molar refractivity (Wildman–Crippen MR) is 90.3 cm³/mol. The highest BCUT2D eigenvalue weighted by atomic mass is 16.5. The van der Waals surface area contributed by atoms with Gasteiger partial charge in [0, 0.05) is 39.3 Å². The van der Waals surface area contributed by atoms with E-state index in [-0.39, 0.29) is 11.8 Å². The molecule has 2 aromatic heterocycles. The van der Waals surface area contributed by atoms with Crippen LogP contribution in [-0.2, 0) is 11.3 Å². The fourth-order valence-electron chi connectivity index (χ4n) is 2.69. The number of rotatable bonds is 5. The lowest BCUT2D eigenvalue weighted by Gasteiger charge is -2.19. The molecule has 0 aromatic carbocycles. The Balaban J connectivity index is 1.91. The van der Waals surface area contributed by atoms with Gasteiger partial charge >= 0.3 is 0 Å². The summed E-state index contributed by atoms with van der Waals surface area (Å²) in [7, 11) is 5.59. The first-order chi connectivity index (χ1) is 11.4. The molecule has 24 heavy (non-hydrogen) atoms. The number of aryl methyl sites for hydroxylation is 1. The third-order valence-electron chi connectivity index (χ3n) is 4.34. The standard InChI is InChI=1S/C17H23N5O2/c1-10-6-12(10)16(23)22(5)9-14-13(15-7-11(2)20-24-15)8-18-17(19-14)21(3)4/h7-8,10,12H,6,9H2,1-5H3/t10-,12+/m0/s1. The van der Waals surface area contributed by atoms with Crippen LogP contribution in [0.3, 0.4) is 0 Å². The summed E-state index contributed by atoms with van der Waals surface area (Å²) >= 11 is 0. The Hall–Kier alpha value is -2.44. The second-order valence-electron chi connectivity index (χ2n) is 6.77. The van der Waals surface area contributed by atoms with Gasteiger partial charge in [-0.1, -0.05) is 12.1 Å². The SMILES string of the molecule is Cc1cc(-c2cnc(N(C)C)nc2CN(C)C(=O)[C@@H]2C[C@@H]2C)on1. The molecule has 7 nitrogen and oxygen atoms in total. The maximum Gasteiger partial charge on any atom is 0.226 e. The van der Waals surface area contributed by atoms with Crippen molar-refractivity contribution in [2.45, 2.75) is 26.8 Å². The lowest BCUT2D eigenvalue weighted by molar-refractivity contribution is -0.132. The molecule has 0 N–H and O–H groups in total. The summed E-state index contributed by atoms with van der Waals surface area (Å²) in [6.45, 7) is 4.39. The monoisotopic (exact) mass is 329 g/mol. The van der Waals surface area contributed by atoms with Crippen molar-refractivity contribution in [2.75, 3.05) is 26.0 Å². The van der Waals surface area contributed by atoms with Gasteiger partial charge in [0.25, 0.3) is 0 Å². The molecule has 1 saturated carbocycles. The molecule has 0 aliphatic heterocycles. The smallest absolute Gasteiger partial charge is 0.226 e. The van der Waals surface area contributed by atoms with Gasteiger partial charge in [-0.2, -0.15) is 0 Å². The van der Waals surface area contributed by atoms with Gasteiger partial charge in [0.05, 0.1) is 23.5 Å². The highest BCUT2D eigenvalue weighted by molar-refractivity contribution is 5.81. The van der Waals surface area contributed by atoms with Crippen LogP contribution in [-0.4, -0.2) is 47.1 Å². The Morgan fingerprint density at radius 2 is 2.08 bits per heavy atom. The molecule has 1 aliphatic carbocycles. The van der Waals surface area contributed by atoms with Gasteiger partial charge in [-0.15, -0.1) is 0 Å². The van der Waals surface area contributed by atoms with Crippen molar-refractivity contribution in [1.29, 1.82) is 0 Å². The summed E-state index contributed by atoms with van der Waals surface area (Å²) < 4.78 is 5.36. The van der Waals surface area contributed by atoms with E-state index in [1.165, 1.54) is 0 Å². The molecule has 0 radical (unpaired) electrons. The van der Waals surface area contributed by atoms with Gasteiger partial charge in [-0.3, -0.25) is 4.79 Å². The second-order valence-corrected chi connectivity index (χ2v) is 6.77. The number of aromatic nitrogens is 3. The van der Waals surface area contributed by atoms with E-state index in [2.05, 4.69) is 22.0 Å². The normalized spacial score (nSPS) is 19.2. The summed E-state index contributed by atoms with van der Waals surface area (Å²) in [4.78, 5) is 25.0. The van der Waals surface area contributed by atoms with Crippen molar-refractivity contribution in [3.8, 4) is 11.3 Å². The Kier molecular flexibility index (Phi) is 4.26. The average Bonchev–Trinajstić information content (AvgIpc) is 3.11. The van der Waals surface area contributed by atoms with Crippen molar-refractivity contribution in [1.82, 2.24) is 20.0 Å². The fraction of sp³-hybridized carbons (Fsp3) is 0.529. The van der Waals surface area contributed by atoms with Crippen LogP contribution in [0.5, 0.6) is 0 Å². The minimum Gasteiger partial charge on any atom is -0.356 e. The van der Waals surface area contributed by atoms with Crippen molar-refractivity contribution < 1.29 is 9.32 Å². The van der Waals surface area contributed by atoms with E-state index in [4.69, 9.17) is 4.52 Å². The molecule has 128 valence electrons. The Bertz CT molecular complexity index is 755. The quantitative estimate of drug-likeness (QED) is 0.836. The van der Waals surface area contributed by atoms with E-state index < -0.39 is 0 Å². The van der Waals surface area contributed by atoms with Gasteiger partial charge in [-0.25, -0.2) is 9.97 Å². The summed E-state index contributed by atoms with van der Waals surface area (Å²) in [5, 5.41) is 3.93. The fourth-order valence-corrected chi connectivity index (χ4v) is 2.69. The molecule has 1 amide bonds. The Morgan fingerprint density at radius 3 is 2.62 bits per heavy atom. The molecule has 1 aliphatic rings. The average molecular weight is 329 g/mol. The van der Waals surface area contributed by atoms with Crippen molar-refractivity contribution in [2.24, 2.45) is 11.8 Å². The zero-order valence-electron chi connectivity index (χ0n) is 14.8. The first-order valence-corrected chi connectivity index (χ1v) is 8.08. The van der Waals surface area contributed by atoms with Crippen LogP contribution in [0.4, 0.5) is 5.95 Å². The highest BCUT2D eigenvalue weighted by Gasteiger charge is 2.40. The Labute approximate surface area is 141 Å². The maximum absolute atomic E-state index is 12.4. The summed E-state index contributed by atoms with van der Waals surface area (Å²) in [5.74, 6) is 2.03. The van der Waals surface area contributed by atoms with Gasteiger partial charge < -0.3 is 14.3 Å². The zero-order valence-corrected chi connectivity index (χ0v) is 14.8. The van der Waals surface area contributed by atoms with Crippen LogP contribution in [0.1, 0.15) is 24.7 Å². The summed E-state index contributed by atoms with van der Waals surface area (Å²) in [5.41, 5.74) is 2.32. The van der Waals surface area contributed by atoms with E-state index >= 15 is 0 Å². The third-order valence-corrected chi connectivity index (χ3v) is 4.34. The van der Waals surface area contributed by atoms with Crippen molar-refractivity contribution >= 4 is 11.9 Å². The highest BCUT2D eigenvalue weighted by Crippen LogP contribution is 2.39. The summed E-state index contributed by atoms with van der Waals surface area (Å²) in [6, 6.07) is 1.85. The van der Waals surface area contributed by atoms with Gasteiger partial charge in [-0.05, 0) is 19.3 Å². The number of hydrogen-bond donors (Lipinski definition) is 0. The number of carbonyl (C=O) groups is 1. The molecule has 2 atom stereocenters. The van der Waals surface area contributed by atoms with Gasteiger partial charge in [0.1, 0.15) is 0 Å². The number of nitrogens with zero attached hydrogens (tertiary/aromatic N) is 5. The molecule has 3 rings (SSSR count). The first kappa shape index (κ1) is 16.4. The number of anilines is 1. The molecule has 0 unspecified atom stereocenters. The predicted octanol–water partition coefficient (Wildman–Crippen LogP) is 2.12. The second kappa shape index (κ2) is 6.22. The minimum absolute atomic E-state index is 0.154. The Morgan fingerprint density at radius 1 is 1.38 bits per heavy atom. The van der Waals surface area contributed by atoms with E-state index in [1.54, 1.807) is 11.1 Å². The number of hydrogen-bond acceptors (Lipinski definition) is 6. The topological polar surface area (TPSA) is 75.4 Å². The lowest BCUT2D eigenvalue weighted by Crippen LogP contribution is -2.29. The van der Waals surface area contributed by atoms with E-state index in [9.17, 15) is 4.79 Å². The van der Waals surface area contributed by atoms with Crippen LogP contribution >= 0.6 is 0 Å². The van der Waals surface area contributed by atoms with Crippen molar-refractivity contribution in [3.05, 3.63) is 23.7 Å². The van der Waals surface area contributed by atoms with Crippen LogP contribution < -0.4 is 4.90 Å². The molecule has 2 aromatic rings. The van der Waals surface area contributed by atoms with Crippen LogP contribution in [0.15, 0.2) is 16.8 Å². The van der Waals surface area contributed by atoms with Gasteiger partial charge in [0.15, 0.2) is 5.76 Å². The van der Waals surface area contributed by atoms with Crippen molar-refractivity contribution in [3.63, 3.8) is 0 Å². The van der Waals surface area contributed by atoms with E-state index in [1.807, 2.05) is 39.0 Å². The molecule has 0 saturated heterocycles. The minimum atomic E-state index is 0.154. The first-order valence-electron chi connectivity index (χ1n) is 8.08. The molecule has 0 spiro atoms. The molecule has 0 bridgehead atoms. The number of amides is 1. The zero-order chi connectivity index (χ0) is 17.4. The lowest BCUT2D eigenvalue weighted by atomic mass is 10.1. The molecule has 7 heteroatoms. The van der Waals surface area contributed by atoms with Crippen LogP contribution in [0, 0.1) is 18.8 Å². The number of carbonyl (C=O) groups excluding carboxylic acids is 1. The van der Waals surface area contributed by atoms with E-state index in [0.29, 0.717) is 24.2 Å². The molecular weight excluding hydrogens is 306 g/mol. The van der Waals surface area contributed by atoms with Crippen LogP contribution in [0.25, 0.3) is 11.3 Å². The van der Waals surface area contributed by atoms with Crippen LogP contribution in [0.2, 0.25) is 0 Å². The third kappa shape index (κ3) is 3.25. The molecule has 2 heterocycles.